The normalized spacial score (nSPS) is 11.5. The Kier molecular flexibility index (Phi) is 5.29. The van der Waals surface area contributed by atoms with E-state index in [1.807, 2.05) is 22.2 Å². The molecule has 2 rings (SSSR count). The van der Waals surface area contributed by atoms with E-state index in [4.69, 9.17) is 9.29 Å². The van der Waals surface area contributed by atoms with Gasteiger partial charge in [-0.1, -0.05) is 12.1 Å². The molecular weight excluding hydrogens is 312 g/mol. The van der Waals surface area contributed by atoms with Gasteiger partial charge in [0.05, 0.1) is 23.0 Å². The van der Waals surface area contributed by atoms with Gasteiger partial charge in [-0.05, 0) is 24.1 Å². The van der Waals surface area contributed by atoms with Crippen molar-refractivity contribution in [2.45, 2.75) is 19.4 Å². The van der Waals surface area contributed by atoms with E-state index in [2.05, 4.69) is 4.98 Å². The van der Waals surface area contributed by atoms with Crippen molar-refractivity contribution in [3.63, 3.8) is 0 Å². The van der Waals surface area contributed by atoms with Crippen molar-refractivity contribution in [2.75, 3.05) is 11.8 Å². The quantitative estimate of drug-likeness (QED) is 0.761. The maximum Gasteiger partial charge on any atom is 0.357 e. The lowest BCUT2D eigenvalue weighted by atomic mass is 10.1. The molecule has 1 aromatic heterocycles. The van der Waals surface area contributed by atoms with Crippen molar-refractivity contribution in [3.8, 4) is 0 Å². The van der Waals surface area contributed by atoms with E-state index in [1.54, 1.807) is 30.6 Å². The highest BCUT2D eigenvalue weighted by Crippen LogP contribution is 2.16. The molecule has 1 aromatic carbocycles. The van der Waals surface area contributed by atoms with E-state index in [9.17, 15) is 8.42 Å². The summed E-state index contributed by atoms with van der Waals surface area (Å²) in [7, 11) is -2.58. The van der Waals surface area contributed by atoms with Gasteiger partial charge < -0.3 is 4.74 Å². The van der Waals surface area contributed by atoms with E-state index in [1.165, 1.54) is 0 Å². The van der Waals surface area contributed by atoms with Crippen LogP contribution in [0.3, 0.4) is 0 Å². The van der Waals surface area contributed by atoms with Crippen LogP contribution in [0.2, 0.25) is 0 Å². The van der Waals surface area contributed by atoms with Crippen LogP contribution in [-0.4, -0.2) is 25.1 Å². The molecule has 2 aromatic rings. The Balaban J connectivity index is 1.91. The number of anilines is 1. The summed E-state index contributed by atoms with van der Waals surface area (Å²) in [4.78, 5) is 4.45. The molecule has 0 saturated heterocycles. The molecule has 8 heteroatoms. The average molecular weight is 328 g/mol. The molecule has 0 aliphatic carbocycles. The van der Waals surface area contributed by atoms with Crippen LogP contribution in [0, 0.1) is 0 Å². The van der Waals surface area contributed by atoms with Crippen LogP contribution in [0.1, 0.15) is 16.3 Å². The molecule has 0 amide bonds. The Morgan fingerprint density at radius 1 is 1.29 bits per heavy atom. The minimum atomic E-state index is -4.22. The van der Waals surface area contributed by atoms with E-state index in [0.29, 0.717) is 12.3 Å². The van der Waals surface area contributed by atoms with Crippen LogP contribution in [0.4, 0.5) is 5.69 Å². The number of aryl methyl sites for hydroxylation is 2. The van der Waals surface area contributed by atoms with Crippen molar-refractivity contribution in [1.82, 2.24) is 4.98 Å². The zero-order chi connectivity index (χ0) is 15.3. The molecule has 0 spiro atoms. The molecule has 0 aliphatic heterocycles. The molecule has 114 valence electrons. The zero-order valence-corrected chi connectivity index (χ0v) is 13.1. The van der Waals surface area contributed by atoms with Crippen molar-refractivity contribution >= 4 is 27.3 Å². The second-order valence-corrected chi connectivity index (χ2v) is 6.54. The number of benzene rings is 1. The van der Waals surface area contributed by atoms with Crippen LogP contribution in [0.5, 0.6) is 0 Å². The second-order valence-electron chi connectivity index (χ2n) is 4.44. The molecule has 1 heterocycles. The second kappa shape index (κ2) is 6.99. The number of ether oxygens (including phenoxy) is 1. The Bertz CT molecular complexity index is 680. The standard InChI is InChI=1S/C13H16N2O4S2/c1-19-8-12-9-20-13(14-12)7-4-10-2-5-11(6-3-10)15-21(16,17)18/h2-3,5-6,9,15H,4,7-8H2,1H3,(H,16,17,18). The molecule has 2 N–H and O–H groups in total. The SMILES string of the molecule is COCc1csc(CCc2ccc(NS(=O)(=O)O)cc2)n1. The maximum atomic E-state index is 10.7. The van der Waals surface area contributed by atoms with Gasteiger partial charge >= 0.3 is 10.3 Å². The minimum Gasteiger partial charge on any atom is -0.378 e. The van der Waals surface area contributed by atoms with Gasteiger partial charge in [0.15, 0.2) is 0 Å². The molecule has 0 unspecified atom stereocenters. The van der Waals surface area contributed by atoms with Crippen molar-refractivity contribution in [2.24, 2.45) is 0 Å². The lowest BCUT2D eigenvalue weighted by Crippen LogP contribution is -2.10. The molecule has 0 fully saturated rings. The Morgan fingerprint density at radius 3 is 2.62 bits per heavy atom. The van der Waals surface area contributed by atoms with Gasteiger partial charge in [0.25, 0.3) is 0 Å². The van der Waals surface area contributed by atoms with Crippen LogP contribution < -0.4 is 4.72 Å². The molecule has 0 bridgehead atoms. The van der Waals surface area contributed by atoms with E-state index in [0.717, 1.165) is 29.1 Å². The highest BCUT2D eigenvalue weighted by Gasteiger charge is 2.05. The van der Waals surface area contributed by atoms with Crippen LogP contribution >= 0.6 is 11.3 Å². The van der Waals surface area contributed by atoms with E-state index >= 15 is 0 Å². The summed E-state index contributed by atoms with van der Waals surface area (Å²) in [6, 6.07) is 6.86. The summed E-state index contributed by atoms with van der Waals surface area (Å²) < 4.78 is 37.1. The molecule has 0 saturated carbocycles. The number of aromatic nitrogens is 1. The maximum absolute atomic E-state index is 10.7. The molecule has 0 atom stereocenters. The fraction of sp³-hybridized carbons (Fsp3) is 0.308. The number of rotatable bonds is 7. The number of hydrogen-bond acceptors (Lipinski definition) is 5. The summed E-state index contributed by atoms with van der Waals surface area (Å²) in [5.41, 5.74) is 2.34. The number of methoxy groups -OCH3 is 1. The minimum absolute atomic E-state index is 0.331. The predicted molar refractivity (Wildman–Crippen MR) is 81.8 cm³/mol. The third kappa shape index (κ3) is 5.43. The topological polar surface area (TPSA) is 88.5 Å². The number of nitrogens with zero attached hydrogens (tertiary/aromatic N) is 1. The fourth-order valence-corrected chi connectivity index (χ4v) is 3.03. The first-order chi connectivity index (χ1) is 9.96. The molecule has 6 nitrogen and oxygen atoms in total. The van der Waals surface area contributed by atoms with Gasteiger partial charge in [-0.3, -0.25) is 9.27 Å². The Labute approximate surface area is 127 Å². The first kappa shape index (κ1) is 15.9. The highest BCUT2D eigenvalue weighted by atomic mass is 32.2. The Hall–Kier alpha value is -1.48. The number of hydrogen-bond donors (Lipinski definition) is 2. The van der Waals surface area contributed by atoms with Gasteiger partial charge in [0, 0.05) is 18.9 Å². The Morgan fingerprint density at radius 2 is 2.00 bits per heavy atom. The van der Waals surface area contributed by atoms with Crippen molar-refractivity contribution in [3.05, 3.63) is 45.9 Å². The number of nitrogens with one attached hydrogen (secondary N) is 1. The summed E-state index contributed by atoms with van der Waals surface area (Å²) >= 11 is 1.60. The first-order valence-corrected chi connectivity index (χ1v) is 8.54. The molecule has 0 radical (unpaired) electrons. The van der Waals surface area contributed by atoms with Crippen molar-refractivity contribution in [1.29, 1.82) is 0 Å². The van der Waals surface area contributed by atoms with Crippen LogP contribution in [0.25, 0.3) is 0 Å². The van der Waals surface area contributed by atoms with E-state index in [-0.39, 0.29) is 0 Å². The molecule has 21 heavy (non-hydrogen) atoms. The highest BCUT2D eigenvalue weighted by molar-refractivity contribution is 7.87. The third-order valence-electron chi connectivity index (χ3n) is 2.72. The van der Waals surface area contributed by atoms with Gasteiger partial charge in [-0.2, -0.15) is 8.42 Å². The monoisotopic (exact) mass is 328 g/mol. The average Bonchev–Trinajstić information content (AvgIpc) is 2.84. The van der Waals surface area contributed by atoms with Gasteiger partial charge in [0.1, 0.15) is 0 Å². The fourth-order valence-electron chi connectivity index (χ4n) is 1.82. The lowest BCUT2D eigenvalue weighted by molar-refractivity contribution is 0.182. The lowest BCUT2D eigenvalue weighted by Gasteiger charge is -2.04. The number of thiazole rings is 1. The molecular formula is C13H16N2O4S2. The first-order valence-electron chi connectivity index (χ1n) is 6.22. The van der Waals surface area contributed by atoms with Crippen LogP contribution in [0.15, 0.2) is 29.6 Å². The van der Waals surface area contributed by atoms with E-state index < -0.39 is 10.3 Å². The van der Waals surface area contributed by atoms with Crippen LogP contribution in [-0.2, 0) is 34.5 Å². The third-order valence-corrected chi connectivity index (χ3v) is 4.17. The van der Waals surface area contributed by atoms with Crippen molar-refractivity contribution < 1.29 is 17.7 Å². The summed E-state index contributed by atoms with van der Waals surface area (Å²) in [5, 5.41) is 3.03. The molecule has 0 aliphatic rings. The summed E-state index contributed by atoms with van der Waals surface area (Å²) in [6.07, 6.45) is 1.63. The van der Waals surface area contributed by atoms with Gasteiger partial charge in [0.2, 0.25) is 0 Å². The van der Waals surface area contributed by atoms with Gasteiger partial charge in [-0.25, -0.2) is 4.98 Å². The van der Waals surface area contributed by atoms with Gasteiger partial charge in [-0.15, -0.1) is 11.3 Å². The zero-order valence-electron chi connectivity index (χ0n) is 11.4. The largest absolute Gasteiger partial charge is 0.378 e. The summed E-state index contributed by atoms with van der Waals surface area (Å²) in [6.45, 7) is 0.520. The summed E-state index contributed by atoms with van der Waals surface area (Å²) in [5.74, 6) is 0. The predicted octanol–water partition coefficient (Wildman–Crippen LogP) is 2.29. The smallest absolute Gasteiger partial charge is 0.357 e.